The Balaban J connectivity index is 4.24. The predicted octanol–water partition coefficient (Wildman–Crippen LogP) is 24.7. The second-order valence-electron chi connectivity index (χ2n) is 24.1. The second kappa shape index (κ2) is 69.6. The first kappa shape index (κ1) is 78.1. The molecule has 0 rings (SSSR count). The minimum atomic E-state index is -0.780. The molecule has 0 aromatic rings. The van der Waals surface area contributed by atoms with Crippen molar-refractivity contribution in [2.75, 3.05) is 13.2 Å². The lowest BCUT2D eigenvalue weighted by molar-refractivity contribution is -0.167. The lowest BCUT2D eigenvalue weighted by Crippen LogP contribution is -2.30. The smallest absolute Gasteiger partial charge is 0.306 e. The maximum atomic E-state index is 12.9. The Labute approximate surface area is 504 Å². The van der Waals surface area contributed by atoms with E-state index in [1.54, 1.807) is 0 Å². The first-order valence-corrected chi connectivity index (χ1v) is 35.8. The molecule has 0 bridgehead atoms. The van der Waals surface area contributed by atoms with Crippen LogP contribution in [0.1, 0.15) is 380 Å². The molecule has 6 nitrogen and oxygen atoms in total. The van der Waals surface area contributed by atoms with Crippen LogP contribution in [0.25, 0.3) is 0 Å². The van der Waals surface area contributed by atoms with E-state index in [9.17, 15) is 14.4 Å². The van der Waals surface area contributed by atoms with Gasteiger partial charge >= 0.3 is 17.9 Å². The Morgan fingerprint density at radius 1 is 0.247 bits per heavy atom. The number of unbranched alkanes of at least 4 members (excludes halogenated alkanes) is 45. The summed E-state index contributed by atoms with van der Waals surface area (Å²) in [6, 6.07) is 0. The van der Waals surface area contributed by atoms with Gasteiger partial charge in [-0.25, -0.2) is 0 Å². The summed E-state index contributed by atoms with van der Waals surface area (Å²) in [5, 5.41) is 0. The highest BCUT2D eigenvalue weighted by Crippen LogP contribution is 2.18. The van der Waals surface area contributed by atoms with Crippen LogP contribution in [0.15, 0.2) is 60.8 Å². The van der Waals surface area contributed by atoms with Gasteiger partial charge in [-0.3, -0.25) is 14.4 Å². The Morgan fingerprint density at radius 2 is 0.444 bits per heavy atom. The van der Waals surface area contributed by atoms with Gasteiger partial charge in [0.1, 0.15) is 13.2 Å². The van der Waals surface area contributed by atoms with Gasteiger partial charge in [-0.15, -0.1) is 0 Å². The van der Waals surface area contributed by atoms with Crippen LogP contribution in [-0.4, -0.2) is 37.2 Å². The fourth-order valence-corrected chi connectivity index (χ4v) is 10.6. The summed E-state index contributed by atoms with van der Waals surface area (Å²) in [5.41, 5.74) is 0. The molecule has 81 heavy (non-hydrogen) atoms. The Kier molecular flexibility index (Phi) is 67.1. The van der Waals surface area contributed by atoms with E-state index >= 15 is 0 Å². The number of hydrogen-bond donors (Lipinski definition) is 0. The maximum absolute atomic E-state index is 12.9. The molecule has 0 aliphatic heterocycles. The third kappa shape index (κ3) is 67.8. The molecule has 0 aliphatic carbocycles. The number of allylic oxidation sites excluding steroid dienone is 10. The van der Waals surface area contributed by atoms with Gasteiger partial charge in [0.15, 0.2) is 6.10 Å². The number of carbonyl (C=O) groups excluding carboxylic acids is 3. The Hall–Kier alpha value is -2.89. The van der Waals surface area contributed by atoms with E-state index in [4.69, 9.17) is 14.2 Å². The average Bonchev–Trinajstić information content (AvgIpc) is 3.47. The molecule has 6 heteroatoms. The van der Waals surface area contributed by atoms with Crippen LogP contribution in [-0.2, 0) is 28.6 Å². The van der Waals surface area contributed by atoms with Crippen molar-refractivity contribution >= 4 is 17.9 Å². The standard InChI is InChI=1S/C75H136O6/c1-4-7-10-13-16-19-22-25-28-30-32-33-34-35-36-37-38-39-40-41-43-44-47-50-53-56-59-62-65-68-74(77)80-71-72(70-79-73(76)67-64-61-58-55-52-49-46-27-24-21-18-15-12-9-6-3)81-75(78)69-66-63-60-57-54-51-48-45-42-31-29-26-23-20-17-14-11-8-5-2/h17,20,22,25-27,29-30,32,46,72H,4-16,18-19,21,23-24,28,31,33-45,47-71H2,1-3H3/b20-17-,25-22-,29-26-,32-30-,46-27-. The molecule has 0 radical (unpaired) electrons. The summed E-state index contributed by atoms with van der Waals surface area (Å²) in [7, 11) is 0. The number of carbonyl (C=O) groups is 3. The molecule has 0 aromatic heterocycles. The van der Waals surface area contributed by atoms with Crippen molar-refractivity contribution in [2.24, 2.45) is 0 Å². The van der Waals surface area contributed by atoms with E-state index in [1.807, 2.05) is 0 Å². The first-order valence-electron chi connectivity index (χ1n) is 35.8. The van der Waals surface area contributed by atoms with E-state index in [0.717, 1.165) is 77.0 Å². The zero-order valence-electron chi connectivity index (χ0n) is 54.3. The van der Waals surface area contributed by atoms with Gasteiger partial charge < -0.3 is 14.2 Å². The van der Waals surface area contributed by atoms with Gasteiger partial charge in [0.25, 0.3) is 0 Å². The van der Waals surface area contributed by atoms with Crippen LogP contribution < -0.4 is 0 Å². The molecule has 472 valence electrons. The molecule has 0 aromatic carbocycles. The molecule has 0 saturated heterocycles. The summed E-state index contributed by atoms with van der Waals surface area (Å²) in [6.07, 6.45) is 89.6. The SMILES string of the molecule is CCCCC/C=C\C/C=C\CCCCCCCCCCCC(=O)OC(COC(=O)CCCCCCC/C=C\CCCCCCCC)COC(=O)CCCCCCCCCCCCCCCCCCC/C=C\C/C=C\CCCCCCC. The average molecular weight is 1130 g/mol. The van der Waals surface area contributed by atoms with Crippen molar-refractivity contribution < 1.29 is 28.6 Å². The van der Waals surface area contributed by atoms with Crippen molar-refractivity contribution in [3.63, 3.8) is 0 Å². The van der Waals surface area contributed by atoms with Gasteiger partial charge in [-0.2, -0.15) is 0 Å². The fourth-order valence-electron chi connectivity index (χ4n) is 10.6. The summed E-state index contributed by atoms with van der Waals surface area (Å²) < 4.78 is 17.0. The molecule has 0 heterocycles. The zero-order valence-corrected chi connectivity index (χ0v) is 54.3. The van der Waals surface area contributed by atoms with Gasteiger partial charge in [0, 0.05) is 19.3 Å². The highest BCUT2D eigenvalue weighted by atomic mass is 16.6. The minimum Gasteiger partial charge on any atom is -0.462 e. The topological polar surface area (TPSA) is 78.9 Å². The molecule has 0 N–H and O–H groups in total. The molecule has 1 atom stereocenters. The Bertz CT molecular complexity index is 1440. The number of rotatable bonds is 66. The van der Waals surface area contributed by atoms with Crippen LogP contribution >= 0.6 is 0 Å². The van der Waals surface area contributed by atoms with Crippen LogP contribution in [0.5, 0.6) is 0 Å². The van der Waals surface area contributed by atoms with Crippen molar-refractivity contribution in [3.8, 4) is 0 Å². The molecule has 0 amide bonds. The third-order valence-electron chi connectivity index (χ3n) is 16.0. The number of ether oxygens (including phenoxy) is 3. The van der Waals surface area contributed by atoms with Gasteiger partial charge in [0.2, 0.25) is 0 Å². The summed E-state index contributed by atoms with van der Waals surface area (Å²) in [6.45, 7) is 6.65. The van der Waals surface area contributed by atoms with Crippen LogP contribution in [0.2, 0.25) is 0 Å². The zero-order chi connectivity index (χ0) is 58.5. The van der Waals surface area contributed by atoms with Crippen molar-refractivity contribution in [1.82, 2.24) is 0 Å². The van der Waals surface area contributed by atoms with Crippen LogP contribution in [0.3, 0.4) is 0 Å². The lowest BCUT2D eigenvalue weighted by atomic mass is 10.0. The van der Waals surface area contributed by atoms with Crippen molar-refractivity contribution in [1.29, 1.82) is 0 Å². The quantitative estimate of drug-likeness (QED) is 0.0261. The highest BCUT2D eigenvalue weighted by molar-refractivity contribution is 5.71. The summed E-state index contributed by atoms with van der Waals surface area (Å²) in [4.78, 5) is 38.4. The summed E-state index contributed by atoms with van der Waals surface area (Å²) >= 11 is 0. The molecule has 0 spiro atoms. The van der Waals surface area contributed by atoms with E-state index in [2.05, 4.69) is 81.5 Å². The van der Waals surface area contributed by atoms with Gasteiger partial charge in [-0.05, 0) is 109 Å². The van der Waals surface area contributed by atoms with E-state index in [1.165, 1.54) is 263 Å². The summed E-state index contributed by atoms with van der Waals surface area (Å²) in [5.74, 6) is -0.865. The molecule has 1 unspecified atom stereocenters. The third-order valence-corrected chi connectivity index (χ3v) is 16.0. The molecule has 0 fully saturated rings. The number of hydrogen-bond acceptors (Lipinski definition) is 6. The van der Waals surface area contributed by atoms with E-state index in [0.29, 0.717) is 19.3 Å². The second-order valence-corrected chi connectivity index (χ2v) is 24.1. The van der Waals surface area contributed by atoms with E-state index < -0.39 is 6.10 Å². The van der Waals surface area contributed by atoms with Crippen molar-refractivity contribution in [3.05, 3.63) is 60.8 Å². The normalized spacial score (nSPS) is 12.4. The molecule has 0 saturated carbocycles. The molecule has 0 aliphatic rings. The number of esters is 3. The molecular formula is C75H136O6. The van der Waals surface area contributed by atoms with Crippen molar-refractivity contribution in [2.45, 2.75) is 386 Å². The van der Waals surface area contributed by atoms with Crippen LogP contribution in [0.4, 0.5) is 0 Å². The largest absolute Gasteiger partial charge is 0.462 e. The van der Waals surface area contributed by atoms with Gasteiger partial charge in [-0.1, -0.05) is 313 Å². The minimum absolute atomic E-state index is 0.0750. The lowest BCUT2D eigenvalue weighted by Gasteiger charge is -2.18. The Morgan fingerprint density at radius 3 is 0.716 bits per heavy atom. The van der Waals surface area contributed by atoms with Crippen LogP contribution in [0, 0.1) is 0 Å². The first-order chi connectivity index (χ1) is 40.0. The molecular weight excluding hydrogens is 997 g/mol. The van der Waals surface area contributed by atoms with Gasteiger partial charge in [0.05, 0.1) is 0 Å². The monoisotopic (exact) mass is 1130 g/mol. The maximum Gasteiger partial charge on any atom is 0.306 e. The predicted molar refractivity (Wildman–Crippen MR) is 353 cm³/mol. The van der Waals surface area contributed by atoms with E-state index in [-0.39, 0.29) is 31.1 Å². The highest BCUT2D eigenvalue weighted by Gasteiger charge is 2.19. The fraction of sp³-hybridized carbons (Fsp3) is 0.827.